The Bertz CT molecular complexity index is 903. The predicted molar refractivity (Wildman–Crippen MR) is 125 cm³/mol. The average Bonchev–Trinajstić information content (AvgIpc) is 3.10. The van der Waals surface area contributed by atoms with Crippen molar-refractivity contribution >= 4 is 0 Å². The van der Waals surface area contributed by atoms with Gasteiger partial charge in [-0.1, -0.05) is 13.8 Å². The maximum atomic E-state index is 9.11. The molecule has 174 valence electrons. The second-order valence-electron chi connectivity index (χ2n) is 12.7. The molecule has 0 N–H and O–H groups in total. The highest BCUT2D eigenvalue weighted by molar-refractivity contribution is 5.17. The first kappa shape index (κ1) is 21.2. The molecule has 0 saturated heterocycles. The van der Waals surface area contributed by atoms with Crippen molar-refractivity contribution < 1.29 is 4.74 Å². The molecule has 0 bridgehead atoms. The number of fused-ring (bicyclic) bond motifs is 5. The summed E-state index contributed by atoms with van der Waals surface area (Å²) in [6, 6.07) is 4.02. The smallest absolute Gasteiger partial charge is 0.162 e. The maximum absolute atomic E-state index is 9.11. The number of hydrogen-bond acceptors (Lipinski definition) is 3. The van der Waals surface area contributed by atoms with Gasteiger partial charge in [0.25, 0.3) is 0 Å². The number of aromatic nitrogens is 2. The highest BCUT2D eigenvalue weighted by Gasteiger charge is 2.62. The van der Waals surface area contributed by atoms with Crippen LogP contribution in [0.1, 0.15) is 83.7 Å². The van der Waals surface area contributed by atoms with Crippen LogP contribution in [0.4, 0.5) is 0 Å². The summed E-state index contributed by atoms with van der Waals surface area (Å²) in [5.74, 6) is 6.33. The third kappa shape index (κ3) is 3.13. The third-order valence-corrected chi connectivity index (χ3v) is 11.6. The Labute approximate surface area is 194 Å². The van der Waals surface area contributed by atoms with Crippen molar-refractivity contribution in [3.63, 3.8) is 0 Å². The lowest BCUT2D eigenvalue weighted by Gasteiger charge is -2.57. The lowest BCUT2D eigenvalue weighted by molar-refractivity contribution is -0.0795. The largest absolute Gasteiger partial charge is 0.381 e. The first-order valence-electron chi connectivity index (χ1n) is 13.4. The summed E-state index contributed by atoms with van der Waals surface area (Å²) in [6.07, 6.45) is 17.0. The van der Waals surface area contributed by atoms with Gasteiger partial charge in [-0.3, -0.25) is 4.68 Å². The zero-order chi connectivity index (χ0) is 22.1. The molecule has 1 aromatic rings. The fourth-order valence-corrected chi connectivity index (χ4v) is 10.1. The van der Waals surface area contributed by atoms with Gasteiger partial charge >= 0.3 is 0 Å². The molecule has 1 aromatic heterocycles. The summed E-state index contributed by atoms with van der Waals surface area (Å²) < 4.78 is 7.79. The second kappa shape index (κ2) is 7.59. The molecule has 4 nitrogen and oxygen atoms in total. The van der Waals surface area contributed by atoms with Crippen molar-refractivity contribution in [1.82, 2.24) is 9.78 Å². The number of hydrogen-bond donors (Lipinski definition) is 0. The minimum absolute atomic E-state index is 0.506. The van der Waals surface area contributed by atoms with Crippen LogP contribution < -0.4 is 0 Å². The highest BCUT2D eigenvalue weighted by atomic mass is 16.5. The number of ether oxygens (including phenoxy) is 1. The van der Waals surface area contributed by atoms with Crippen LogP contribution in [0.3, 0.4) is 0 Å². The van der Waals surface area contributed by atoms with Crippen LogP contribution >= 0.6 is 0 Å². The van der Waals surface area contributed by atoms with E-state index in [0.717, 1.165) is 42.1 Å². The Hall–Kier alpha value is -1.34. The Kier molecular flexibility index (Phi) is 5.03. The van der Waals surface area contributed by atoms with Crippen LogP contribution in [0.2, 0.25) is 0 Å². The van der Waals surface area contributed by atoms with Crippen LogP contribution in [-0.2, 0) is 11.3 Å². The highest BCUT2D eigenvalue weighted by Crippen LogP contribution is 2.68. The second-order valence-corrected chi connectivity index (χ2v) is 12.7. The van der Waals surface area contributed by atoms with Gasteiger partial charge in [-0.2, -0.15) is 10.4 Å². The average molecular weight is 436 g/mol. The molecule has 0 radical (unpaired) electrons. The molecule has 0 amide bonds. The van der Waals surface area contributed by atoms with E-state index < -0.39 is 0 Å². The predicted octanol–water partition coefficient (Wildman–Crippen LogP) is 6.06. The Morgan fingerprint density at radius 2 is 1.97 bits per heavy atom. The van der Waals surface area contributed by atoms with E-state index in [0.29, 0.717) is 28.5 Å². The molecule has 4 unspecified atom stereocenters. The van der Waals surface area contributed by atoms with Gasteiger partial charge in [0.2, 0.25) is 0 Å². The number of nitrogens with zero attached hydrogens (tertiary/aromatic N) is 3. The molecule has 5 fully saturated rings. The fraction of sp³-hybridized carbons (Fsp3) is 0.857. The van der Waals surface area contributed by atoms with E-state index in [1.807, 2.05) is 24.1 Å². The van der Waals surface area contributed by atoms with Gasteiger partial charge in [0.1, 0.15) is 6.07 Å². The van der Waals surface area contributed by atoms with Gasteiger partial charge in [-0.05, 0) is 123 Å². The van der Waals surface area contributed by atoms with Gasteiger partial charge in [-0.25, -0.2) is 0 Å². The lowest BCUT2D eigenvalue weighted by atomic mass is 9.48. The topological polar surface area (TPSA) is 50.8 Å². The molecule has 4 heteroatoms. The van der Waals surface area contributed by atoms with Crippen molar-refractivity contribution in [1.29, 1.82) is 5.26 Å². The van der Waals surface area contributed by atoms with E-state index in [1.54, 1.807) is 0 Å². The van der Waals surface area contributed by atoms with Gasteiger partial charge in [0, 0.05) is 19.9 Å². The van der Waals surface area contributed by atoms with E-state index in [-0.39, 0.29) is 0 Å². The zero-order valence-corrected chi connectivity index (χ0v) is 20.3. The number of rotatable bonds is 4. The molecule has 1 heterocycles. The molecule has 0 aromatic carbocycles. The van der Waals surface area contributed by atoms with Crippen molar-refractivity contribution in [2.45, 2.75) is 90.7 Å². The van der Waals surface area contributed by atoms with Crippen LogP contribution in [-0.4, -0.2) is 23.0 Å². The van der Waals surface area contributed by atoms with E-state index in [2.05, 4.69) is 25.0 Å². The van der Waals surface area contributed by atoms with Crippen LogP contribution in [0.5, 0.6) is 0 Å². The van der Waals surface area contributed by atoms with Crippen molar-refractivity contribution in [3.8, 4) is 6.07 Å². The maximum Gasteiger partial charge on any atom is 0.162 e. The molecule has 6 rings (SSSR count). The summed E-state index contributed by atoms with van der Waals surface area (Å²) in [5, 5.41) is 13.6. The quantitative estimate of drug-likeness (QED) is 0.577. The summed E-state index contributed by atoms with van der Waals surface area (Å²) >= 11 is 0. The van der Waals surface area contributed by atoms with E-state index in [9.17, 15) is 0 Å². The molecule has 0 aliphatic heterocycles. The third-order valence-electron chi connectivity index (χ3n) is 11.6. The van der Waals surface area contributed by atoms with Crippen LogP contribution in [0.25, 0.3) is 0 Å². The Morgan fingerprint density at radius 3 is 2.72 bits per heavy atom. The molecule has 1 spiro atoms. The monoisotopic (exact) mass is 435 g/mol. The minimum atomic E-state index is 0.506. The lowest BCUT2D eigenvalue weighted by Crippen LogP contribution is -2.49. The van der Waals surface area contributed by atoms with Gasteiger partial charge in [0.05, 0.1) is 6.10 Å². The first-order chi connectivity index (χ1) is 15.5. The number of nitriles is 1. The number of methoxy groups -OCH3 is 1. The zero-order valence-electron chi connectivity index (χ0n) is 20.3. The van der Waals surface area contributed by atoms with Crippen molar-refractivity contribution in [2.75, 3.05) is 7.11 Å². The van der Waals surface area contributed by atoms with Gasteiger partial charge < -0.3 is 4.74 Å². The van der Waals surface area contributed by atoms with Crippen molar-refractivity contribution in [2.24, 2.45) is 52.3 Å². The van der Waals surface area contributed by atoms with Gasteiger partial charge in [0.15, 0.2) is 5.69 Å². The molecule has 10 atom stereocenters. The summed E-state index contributed by atoms with van der Waals surface area (Å²) in [4.78, 5) is 0. The molecule has 5 saturated carbocycles. The summed E-state index contributed by atoms with van der Waals surface area (Å²) in [5.41, 5.74) is 1.63. The Balaban J connectivity index is 1.15. The van der Waals surface area contributed by atoms with Crippen molar-refractivity contribution in [3.05, 3.63) is 18.0 Å². The molecular weight excluding hydrogens is 394 g/mol. The molecular formula is C28H41N3O. The Morgan fingerprint density at radius 1 is 1.12 bits per heavy atom. The molecule has 5 aliphatic rings. The fourth-order valence-electron chi connectivity index (χ4n) is 10.1. The van der Waals surface area contributed by atoms with E-state index in [1.165, 1.54) is 64.2 Å². The van der Waals surface area contributed by atoms with Crippen LogP contribution in [0.15, 0.2) is 12.3 Å². The molecule has 32 heavy (non-hydrogen) atoms. The minimum Gasteiger partial charge on any atom is -0.381 e. The van der Waals surface area contributed by atoms with E-state index >= 15 is 0 Å². The summed E-state index contributed by atoms with van der Waals surface area (Å²) in [6.45, 7) is 6.05. The van der Waals surface area contributed by atoms with Gasteiger partial charge in [-0.15, -0.1) is 0 Å². The first-order valence-corrected chi connectivity index (χ1v) is 13.4. The summed E-state index contributed by atoms with van der Waals surface area (Å²) in [7, 11) is 1.93. The van der Waals surface area contributed by atoms with Crippen LogP contribution in [0, 0.1) is 63.6 Å². The SMILES string of the molecule is COC1C[C@@]12CC[C@@H]1C3CC[C@@]4(C)C(CC[C@@H]4[C@H](C)Cn4ccc(C#N)n4)C3CC[C@@H]1C2. The van der Waals surface area contributed by atoms with E-state index in [4.69, 9.17) is 10.00 Å². The normalized spacial score (nSPS) is 47.9. The standard InChI is InChI=1S/C28H41N3O/c1-18(17-31-13-10-20(16-29)30-31)24-6-7-25-23-5-4-19-14-28(15-26(28)32-3)12-9-21(19)22(23)8-11-27(24,25)2/h10,13,18-19,21-26H,4-9,11-12,14-15,17H2,1-3H3/t18-,19-,21+,22?,23?,24-,25?,26?,27-,28+/m1/s1. The molecule has 5 aliphatic carbocycles.